The van der Waals surface area contributed by atoms with Gasteiger partial charge < -0.3 is 14.2 Å². The predicted molar refractivity (Wildman–Crippen MR) is 114 cm³/mol. The van der Waals surface area contributed by atoms with Crippen molar-refractivity contribution in [2.45, 2.75) is 12.7 Å². The predicted octanol–water partition coefficient (Wildman–Crippen LogP) is 3.25. The normalized spacial score (nSPS) is 15.1. The number of sulfone groups is 1. The summed E-state index contributed by atoms with van der Waals surface area (Å²) in [4.78, 5) is 17.2. The number of aryl methyl sites for hydroxylation is 1. The lowest BCUT2D eigenvalue weighted by Gasteiger charge is -2.36. The fourth-order valence-corrected chi connectivity index (χ4v) is 4.62. The number of hydrogen-bond acceptors (Lipinski definition) is 5. The molecule has 0 atom stereocenters. The van der Waals surface area contributed by atoms with Crippen LogP contribution in [0.3, 0.4) is 0 Å². The highest BCUT2D eigenvalue weighted by Gasteiger charge is 2.29. The van der Waals surface area contributed by atoms with Crippen LogP contribution >= 0.6 is 0 Å². The van der Waals surface area contributed by atoms with E-state index in [-0.39, 0.29) is 17.4 Å². The Hall–Kier alpha value is -2.80. The van der Waals surface area contributed by atoms with Crippen LogP contribution in [0.15, 0.2) is 52.9 Å². The minimum absolute atomic E-state index is 0.139. The van der Waals surface area contributed by atoms with Crippen molar-refractivity contribution >= 4 is 32.4 Å². The third-order valence-corrected chi connectivity index (χ3v) is 6.05. The van der Waals surface area contributed by atoms with Crippen molar-refractivity contribution in [1.82, 2.24) is 4.90 Å². The Morgan fingerprint density at radius 1 is 1.03 bits per heavy atom. The maximum atomic E-state index is 13.2. The number of furan rings is 1. The third-order valence-electron chi connectivity index (χ3n) is 5.23. The summed E-state index contributed by atoms with van der Waals surface area (Å²) in [6, 6.07) is 15.5. The number of nitrogens with zero attached hydrogens (tertiary/aromatic N) is 2. The van der Waals surface area contributed by atoms with Gasteiger partial charge in [0.2, 0.25) is 0 Å². The topological polar surface area (TPSA) is 70.8 Å². The van der Waals surface area contributed by atoms with E-state index in [4.69, 9.17) is 4.42 Å². The molecule has 1 amide bonds. The second-order valence-electron chi connectivity index (χ2n) is 7.59. The van der Waals surface area contributed by atoms with E-state index in [1.165, 1.54) is 11.8 Å². The molecule has 1 aromatic heterocycles. The molecule has 7 heteroatoms. The maximum Gasteiger partial charge on any atom is 0.290 e. The van der Waals surface area contributed by atoms with Crippen molar-refractivity contribution in [2.75, 3.05) is 37.3 Å². The van der Waals surface area contributed by atoms with Gasteiger partial charge in [-0.05, 0) is 30.7 Å². The highest BCUT2D eigenvalue weighted by molar-refractivity contribution is 7.89. The molecule has 1 fully saturated rings. The van der Waals surface area contributed by atoms with E-state index in [1.54, 1.807) is 17.0 Å². The number of fused-ring (bicyclic) bond motifs is 1. The van der Waals surface area contributed by atoms with Gasteiger partial charge in [0.15, 0.2) is 15.6 Å². The molecular formula is C22H24N2O4S. The van der Waals surface area contributed by atoms with Crippen LogP contribution in [-0.2, 0) is 15.6 Å². The van der Waals surface area contributed by atoms with Gasteiger partial charge >= 0.3 is 0 Å². The Kier molecular flexibility index (Phi) is 5.08. The van der Waals surface area contributed by atoms with Gasteiger partial charge in [-0.25, -0.2) is 8.42 Å². The first-order chi connectivity index (χ1) is 13.8. The van der Waals surface area contributed by atoms with E-state index >= 15 is 0 Å². The van der Waals surface area contributed by atoms with Crippen molar-refractivity contribution < 1.29 is 17.6 Å². The average Bonchev–Trinajstić information content (AvgIpc) is 3.04. The molecule has 0 saturated carbocycles. The zero-order valence-electron chi connectivity index (χ0n) is 16.6. The number of benzene rings is 2. The fraction of sp³-hybridized carbons (Fsp3) is 0.318. The smallest absolute Gasteiger partial charge is 0.290 e. The Bertz CT molecular complexity index is 1160. The quantitative estimate of drug-likeness (QED) is 0.658. The minimum Gasteiger partial charge on any atom is -0.451 e. The van der Waals surface area contributed by atoms with Gasteiger partial charge in [0.1, 0.15) is 5.58 Å². The van der Waals surface area contributed by atoms with E-state index < -0.39 is 9.84 Å². The number of rotatable bonds is 4. The van der Waals surface area contributed by atoms with Crippen LogP contribution in [0.1, 0.15) is 21.7 Å². The molecule has 0 bridgehead atoms. The lowest BCUT2D eigenvalue weighted by atomic mass is 10.1. The first-order valence-electron chi connectivity index (χ1n) is 9.61. The molecule has 0 unspecified atom stereocenters. The van der Waals surface area contributed by atoms with Gasteiger partial charge in [0.25, 0.3) is 5.91 Å². The van der Waals surface area contributed by atoms with Crippen LogP contribution in [0.5, 0.6) is 0 Å². The second kappa shape index (κ2) is 7.55. The summed E-state index contributed by atoms with van der Waals surface area (Å²) in [6.45, 7) is 4.62. The van der Waals surface area contributed by atoms with E-state index in [2.05, 4.69) is 30.0 Å². The molecular weight excluding hydrogens is 388 g/mol. The van der Waals surface area contributed by atoms with Gasteiger partial charge in [0, 0.05) is 49.1 Å². The number of hydrogen-bond donors (Lipinski definition) is 0. The molecule has 3 aromatic rings. The van der Waals surface area contributed by atoms with Crippen molar-refractivity contribution in [3.63, 3.8) is 0 Å². The Labute approximate surface area is 170 Å². The molecule has 0 spiro atoms. The monoisotopic (exact) mass is 412 g/mol. The summed E-state index contributed by atoms with van der Waals surface area (Å²) in [5.41, 5.74) is 3.34. The molecule has 2 heterocycles. The van der Waals surface area contributed by atoms with Crippen LogP contribution in [0.25, 0.3) is 11.0 Å². The molecule has 0 aliphatic carbocycles. The minimum atomic E-state index is -3.31. The molecule has 1 saturated heterocycles. The summed E-state index contributed by atoms with van der Waals surface area (Å²) in [6.07, 6.45) is 1.17. The summed E-state index contributed by atoms with van der Waals surface area (Å²) in [5.74, 6) is -0.321. The summed E-state index contributed by atoms with van der Waals surface area (Å²) in [7, 11) is -3.31. The number of piperazine rings is 1. The number of carbonyl (C=O) groups excluding carboxylic acids is 1. The van der Waals surface area contributed by atoms with Gasteiger partial charge in [-0.1, -0.05) is 30.3 Å². The molecule has 4 rings (SSSR count). The zero-order valence-corrected chi connectivity index (χ0v) is 17.4. The standard InChI is InChI=1S/C22H24N2O4S/c1-16-6-5-7-17(14-16)23-10-12-24(13-11-23)22(25)21-19(15-29(2,26)27)18-8-3-4-9-20(18)28-21/h3-9,14H,10-13,15H2,1-2H3. The first-order valence-corrected chi connectivity index (χ1v) is 11.7. The highest BCUT2D eigenvalue weighted by atomic mass is 32.2. The lowest BCUT2D eigenvalue weighted by molar-refractivity contribution is 0.0716. The van der Waals surface area contributed by atoms with Crippen molar-refractivity contribution in [2.24, 2.45) is 0 Å². The molecule has 1 aliphatic heterocycles. The molecule has 2 aromatic carbocycles. The number of para-hydroxylation sites is 1. The van der Waals surface area contributed by atoms with Crippen LogP contribution in [0.2, 0.25) is 0 Å². The zero-order chi connectivity index (χ0) is 20.6. The number of anilines is 1. The van der Waals surface area contributed by atoms with Crippen molar-refractivity contribution in [1.29, 1.82) is 0 Å². The van der Waals surface area contributed by atoms with Crippen molar-refractivity contribution in [3.05, 3.63) is 65.4 Å². The maximum absolute atomic E-state index is 13.2. The van der Waals surface area contributed by atoms with E-state index in [0.29, 0.717) is 29.6 Å². The molecule has 6 nitrogen and oxygen atoms in total. The van der Waals surface area contributed by atoms with Gasteiger partial charge in [-0.2, -0.15) is 0 Å². The third kappa shape index (κ3) is 4.15. The first kappa shape index (κ1) is 19.5. The van der Waals surface area contributed by atoms with Crippen LogP contribution in [0.4, 0.5) is 5.69 Å². The molecule has 0 N–H and O–H groups in total. The Morgan fingerprint density at radius 3 is 2.45 bits per heavy atom. The van der Waals surface area contributed by atoms with Crippen LogP contribution in [-0.4, -0.2) is 51.7 Å². The molecule has 0 radical (unpaired) electrons. The summed E-state index contributed by atoms with van der Waals surface area (Å²) in [5, 5.41) is 0.680. The lowest BCUT2D eigenvalue weighted by Crippen LogP contribution is -2.48. The number of amides is 1. The highest BCUT2D eigenvalue weighted by Crippen LogP contribution is 2.29. The Balaban J connectivity index is 1.57. The molecule has 152 valence electrons. The van der Waals surface area contributed by atoms with Gasteiger partial charge in [0.05, 0.1) is 5.75 Å². The molecule has 29 heavy (non-hydrogen) atoms. The van der Waals surface area contributed by atoms with Gasteiger partial charge in [-0.15, -0.1) is 0 Å². The SMILES string of the molecule is Cc1cccc(N2CCN(C(=O)c3oc4ccccc4c3CS(C)(=O)=O)CC2)c1. The fourth-order valence-electron chi connectivity index (χ4n) is 3.81. The Morgan fingerprint density at radius 2 is 1.76 bits per heavy atom. The van der Waals surface area contributed by atoms with Crippen LogP contribution in [0, 0.1) is 6.92 Å². The number of carbonyl (C=O) groups is 1. The van der Waals surface area contributed by atoms with Gasteiger partial charge in [-0.3, -0.25) is 4.79 Å². The van der Waals surface area contributed by atoms with Crippen LogP contribution < -0.4 is 4.90 Å². The second-order valence-corrected chi connectivity index (χ2v) is 9.73. The largest absolute Gasteiger partial charge is 0.451 e. The van der Waals surface area contributed by atoms with E-state index in [1.807, 2.05) is 18.2 Å². The van der Waals surface area contributed by atoms with Crippen molar-refractivity contribution in [3.8, 4) is 0 Å². The van der Waals surface area contributed by atoms with E-state index in [9.17, 15) is 13.2 Å². The summed E-state index contributed by atoms with van der Waals surface area (Å²) < 4.78 is 29.7. The van der Waals surface area contributed by atoms with E-state index in [0.717, 1.165) is 18.8 Å². The summed E-state index contributed by atoms with van der Waals surface area (Å²) >= 11 is 0. The average molecular weight is 413 g/mol. The molecule has 1 aliphatic rings.